The van der Waals surface area contributed by atoms with E-state index in [-0.39, 0.29) is 18.4 Å². The van der Waals surface area contributed by atoms with E-state index in [0.717, 1.165) is 24.3 Å². The first-order valence-electron chi connectivity index (χ1n) is 7.33. The van der Waals surface area contributed by atoms with Crippen LogP contribution in [0.2, 0.25) is 0 Å². The van der Waals surface area contributed by atoms with E-state index in [9.17, 15) is 13.2 Å². The highest BCUT2D eigenvalue weighted by atomic mass is 35.5. The lowest BCUT2D eigenvalue weighted by atomic mass is 10.0. The number of hydrogen-bond donors (Lipinski definition) is 2. The summed E-state index contributed by atoms with van der Waals surface area (Å²) >= 11 is 0. The highest BCUT2D eigenvalue weighted by molar-refractivity contribution is 7.92. The predicted octanol–water partition coefficient (Wildman–Crippen LogP) is 2.83. The third-order valence-corrected chi connectivity index (χ3v) is 6.26. The number of anilines is 1. The molecule has 2 rings (SSSR count). The molecule has 8 heteroatoms. The summed E-state index contributed by atoms with van der Waals surface area (Å²) in [6.45, 7) is 4.14. The van der Waals surface area contributed by atoms with E-state index < -0.39 is 21.2 Å². The number of halogens is 1. The fraction of sp³-hybridized carbons (Fsp3) is 0.533. The van der Waals surface area contributed by atoms with Crippen molar-refractivity contribution in [3.8, 4) is 0 Å². The van der Waals surface area contributed by atoms with Gasteiger partial charge in [0.15, 0.2) is 9.84 Å². The van der Waals surface area contributed by atoms with Crippen molar-refractivity contribution in [3.05, 3.63) is 23.8 Å². The van der Waals surface area contributed by atoms with E-state index in [1.54, 1.807) is 26.0 Å². The van der Waals surface area contributed by atoms with Crippen LogP contribution in [0.4, 0.5) is 10.5 Å². The van der Waals surface area contributed by atoms with Gasteiger partial charge in [-0.3, -0.25) is 4.90 Å². The van der Waals surface area contributed by atoms with Gasteiger partial charge in [-0.15, -0.1) is 12.4 Å². The molecule has 2 N–H and O–H groups in total. The third-order valence-electron chi connectivity index (χ3n) is 4.03. The number of nitrogens with zero attached hydrogens (tertiary/aromatic N) is 1. The quantitative estimate of drug-likeness (QED) is 0.860. The highest BCUT2D eigenvalue weighted by Gasteiger charge is 2.28. The SMILES string of the molecule is CC(C)S(=O)(=O)c1ccc(N(C)C(=O)O)cc1[C@H]1CCCN1.Cl. The Morgan fingerprint density at radius 1 is 1.39 bits per heavy atom. The summed E-state index contributed by atoms with van der Waals surface area (Å²) < 4.78 is 25.1. The van der Waals surface area contributed by atoms with Gasteiger partial charge in [-0.2, -0.15) is 0 Å². The average Bonchev–Trinajstić information content (AvgIpc) is 2.99. The van der Waals surface area contributed by atoms with Crippen molar-refractivity contribution in [1.82, 2.24) is 5.32 Å². The number of sulfone groups is 1. The summed E-state index contributed by atoms with van der Waals surface area (Å²) in [6, 6.07) is 4.69. The Hall–Kier alpha value is -1.31. The fourth-order valence-corrected chi connectivity index (χ4v) is 3.89. The minimum atomic E-state index is -3.41. The summed E-state index contributed by atoms with van der Waals surface area (Å²) in [5.41, 5.74) is 1.13. The summed E-state index contributed by atoms with van der Waals surface area (Å²) in [7, 11) is -1.97. The first-order chi connectivity index (χ1) is 10.2. The van der Waals surface area contributed by atoms with E-state index in [0.29, 0.717) is 16.1 Å². The van der Waals surface area contributed by atoms with Crippen molar-refractivity contribution >= 4 is 34.0 Å². The smallest absolute Gasteiger partial charge is 0.411 e. The maximum Gasteiger partial charge on any atom is 0.411 e. The summed E-state index contributed by atoms with van der Waals surface area (Å²) in [5, 5.41) is 11.9. The molecule has 1 atom stereocenters. The van der Waals surface area contributed by atoms with Gasteiger partial charge in [-0.1, -0.05) is 0 Å². The Labute approximate surface area is 143 Å². The second kappa shape index (κ2) is 7.51. The first-order valence-corrected chi connectivity index (χ1v) is 8.87. The van der Waals surface area contributed by atoms with Crippen molar-refractivity contribution in [2.75, 3.05) is 18.5 Å². The molecule has 1 fully saturated rings. The number of nitrogens with one attached hydrogen (secondary N) is 1. The van der Waals surface area contributed by atoms with Crippen LogP contribution in [-0.4, -0.2) is 38.5 Å². The van der Waals surface area contributed by atoms with Crippen LogP contribution in [-0.2, 0) is 9.84 Å². The minimum Gasteiger partial charge on any atom is -0.465 e. The predicted molar refractivity (Wildman–Crippen MR) is 92.4 cm³/mol. The van der Waals surface area contributed by atoms with Crippen molar-refractivity contribution in [2.45, 2.75) is 42.9 Å². The molecule has 0 aliphatic carbocycles. The monoisotopic (exact) mass is 362 g/mol. The first kappa shape index (κ1) is 19.7. The Morgan fingerprint density at radius 2 is 2.04 bits per heavy atom. The maximum absolute atomic E-state index is 12.6. The normalized spacial score (nSPS) is 17.8. The molecule has 1 aromatic carbocycles. The largest absolute Gasteiger partial charge is 0.465 e. The van der Waals surface area contributed by atoms with E-state index in [1.165, 1.54) is 13.1 Å². The van der Waals surface area contributed by atoms with Crippen molar-refractivity contribution in [3.63, 3.8) is 0 Å². The topological polar surface area (TPSA) is 86.7 Å². The van der Waals surface area contributed by atoms with E-state index in [1.807, 2.05) is 0 Å². The van der Waals surface area contributed by atoms with Gasteiger partial charge >= 0.3 is 6.09 Å². The molecule has 0 bridgehead atoms. The fourth-order valence-electron chi connectivity index (χ4n) is 2.59. The molecule has 1 aliphatic heterocycles. The molecule has 23 heavy (non-hydrogen) atoms. The van der Waals surface area contributed by atoms with Crippen LogP contribution < -0.4 is 10.2 Å². The molecule has 0 spiro atoms. The second-order valence-corrected chi connectivity index (χ2v) is 8.28. The van der Waals surface area contributed by atoms with Gasteiger partial charge in [0.2, 0.25) is 0 Å². The van der Waals surface area contributed by atoms with Gasteiger partial charge in [0, 0.05) is 18.8 Å². The number of carboxylic acid groups (broad SMARTS) is 1. The van der Waals surface area contributed by atoms with Gasteiger partial charge in [0.25, 0.3) is 0 Å². The molecule has 130 valence electrons. The Kier molecular flexibility index (Phi) is 6.44. The van der Waals surface area contributed by atoms with Crippen LogP contribution in [0.25, 0.3) is 0 Å². The molecule has 0 saturated carbocycles. The summed E-state index contributed by atoms with van der Waals surface area (Å²) in [6.07, 6.45) is 0.746. The molecular weight excluding hydrogens is 340 g/mol. The molecule has 1 amide bonds. The number of rotatable bonds is 4. The average molecular weight is 363 g/mol. The lowest BCUT2D eigenvalue weighted by Crippen LogP contribution is -2.25. The highest BCUT2D eigenvalue weighted by Crippen LogP contribution is 2.33. The van der Waals surface area contributed by atoms with E-state index >= 15 is 0 Å². The van der Waals surface area contributed by atoms with Crippen molar-refractivity contribution in [2.24, 2.45) is 0 Å². The minimum absolute atomic E-state index is 0. The van der Waals surface area contributed by atoms with Crippen molar-refractivity contribution < 1.29 is 18.3 Å². The second-order valence-electron chi connectivity index (χ2n) is 5.81. The van der Waals surface area contributed by atoms with Gasteiger partial charge in [0.05, 0.1) is 10.1 Å². The van der Waals surface area contributed by atoms with Gasteiger partial charge in [-0.05, 0) is 57.0 Å². The van der Waals surface area contributed by atoms with Crippen LogP contribution in [0.3, 0.4) is 0 Å². The number of carbonyl (C=O) groups is 1. The van der Waals surface area contributed by atoms with Gasteiger partial charge in [0.1, 0.15) is 0 Å². The maximum atomic E-state index is 12.6. The molecule has 0 unspecified atom stereocenters. The van der Waals surface area contributed by atoms with Crippen LogP contribution in [0, 0.1) is 0 Å². The van der Waals surface area contributed by atoms with E-state index in [4.69, 9.17) is 5.11 Å². The Balaban J connectivity index is 0.00000264. The molecule has 1 saturated heterocycles. The van der Waals surface area contributed by atoms with Crippen molar-refractivity contribution in [1.29, 1.82) is 0 Å². The van der Waals surface area contributed by atoms with Crippen LogP contribution in [0.1, 0.15) is 38.3 Å². The third kappa shape index (κ3) is 3.97. The van der Waals surface area contributed by atoms with Gasteiger partial charge in [-0.25, -0.2) is 13.2 Å². The Bertz CT molecular complexity index is 670. The van der Waals surface area contributed by atoms with Gasteiger partial charge < -0.3 is 10.4 Å². The van der Waals surface area contributed by atoms with E-state index in [2.05, 4.69) is 5.32 Å². The lowest BCUT2D eigenvalue weighted by molar-refractivity contribution is 0.203. The number of benzene rings is 1. The Morgan fingerprint density at radius 3 is 2.52 bits per heavy atom. The summed E-state index contributed by atoms with van der Waals surface area (Å²) in [4.78, 5) is 12.5. The zero-order valence-electron chi connectivity index (χ0n) is 13.4. The molecule has 6 nitrogen and oxygen atoms in total. The zero-order chi connectivity index (χ0) is 16.5. The van der Waals surface area contributed by atoms with Crippen LogP contribution in [0.15, 0.2) is 23.1 Å². The standard InChI is InChI=1S/C15H22N2O4S.ClH/c1-10(2)22(20,21)14-7-6-11(17(3)15(18)19)9-12(14)13-5-4-8-16-13;/h6-7,9-10,13,16H,4-5,8H2,1-3H3,(H,18,19);1H/t13-;/m1./s1. The lowest BCUT2D eigenvalue weighted by Gasteiger charge is -2.21. The summed E-state index contributed by atoms with van der Waals surface area (Å²) in [5.74, 6) is 0. The zero-order valence-corrected chi connectivity index (χ0v) is 15.1. The molecule has 0 aromatic heterocycles. The number of hydrogen-bond acceptors (Lipinski definition) is 4. The number of amides is 1. The molecule has 0 radical (unpaired) electrons. The molecule has 1 aromatic rings. The molecular formula is C15H23ClN2O4S. The van der Waals surface area contributed by atoms with Crippen LogP contribution in [0.5, 0.6) is 0 Å². The van der Waals surface area contributed by atoms with Crippen LogP contribution >= 0.6 is 12.4 Å². The molecule has 1 heterocycles. The molecule has 1 aliphatic rings.